The summed E-state index contributed by atoms with van der Waals surface area (Å²) in [5, 5.41) is 10.6. The minimum Gasteiger partial charge on any atom is -0.492 e. The van der Waals surface area contributed by atoms with Crippen molar-refractivity contribution in [1.29, 1.82) is 0 Å². The monoisotopic (exact) mass is 586 g/mol. The van der Waals surface area contributed by atoms with Gasteiger partial charge < -0.3 is 14.6 Å². The van der Waals surface area contributed by atoms with Gasteiger partial charge in [-0.1, -0.05) is 43.0 Å². The molecular weight excluding hydrogens is 561 g/mol. The van der Waals surface area contributed by atoms with Crippen LogP contribution in [0.5, 0.6) is 5.75 Å². The summed E-state index contributed by atoms with van der Waals surface area (Å²) < 4.78 is 76.7. The number of carboxylic acids is 1. The van der Waals surface area contributed by atoms with Crippen molar-refractivity contribution >= 4 is 38.3 Å². The molecule has 0 unspecified atom stereocenters. The number of benzene rings is 3. The molecule has 41 heavy (non-hydrogen) atoms. The third-order valence-corrected chi connectivity index (χ3v) is 7.88. The highest BCUT2D eigenvalue weighted by atomic mass is 32.2. The van der Waals surface area contributed by atoms with Gasteiger partial charge in [-0.15, -0.1) is 13.2 Å². The normalized spacial score (nSPS) is 11.7. The van der Waals surface area contributed by atoms with E-state index in [0.717, 1.165) is 16.4 Å². The zero-order valence-corrected chi connectivity index (χ0v) is 22.8. The molecule has 4 rings (SSSR count). The minimum absolute atomic E-state index is 0.0393. The SMILES string of the molecule is C=C(OCC)c1nc(N(Cc2ccc(OC(F)(F)F)cc2)S(=O)(=O)c2ccc(C(=O)O)cc2)c(C)c2ccccc12. The number of nitrogens with zero attached hydrogens (tertiary/aromatic N) is 2. The van der Waals surface area contributed by atoms with Crippen LogP contribution in [-0.4, -0.2) is 37.4 Å². The Balaban J connectivity index is 1.90. The Labute approximate surface area is 234 Å². The van der Waals surface area contributed by atoms with Gasteiger partial charge in [-0.25, -0.2) is 22.5 Å². The zero-order chi connectivity index (χ0) is 29.9. The minimum atomic E-state index is -4.88. The first-order chi connectivity index (χ1) is 19.3. The first-order valence-electron chi connectivity index (χ1n) is 12.2. The molecule has 0 spiro atoms. The van der Waals surface area contributed by atoms with Crippen LogP contribution in [-0.2, 0) is 21.3 Å². The molecule has 1 N–H and O–H groups in total. The molecule has 0 saturated heterocycles. The molecule has 0 bridgehead atoms. The summed E-state index contributed by atoms with van der Waals surface area (Å²) in [6.45, 7) is 7.40. The highest BCUT2D eigenvalue weighted by Crippen LogP contribution is 2.35. The number of anilines is 1. The fraction of sp³-hybridized carbons (Fsp3) is 0.172. The maximum Gasteiger partial charge on any atom is 0.573 e. The zero-order valence-electron chi connectivity index (χ0n) is 22.0. The van der Waals surface area contributed by atoms with E-state index in [4.69, 9.17) is 4.74 Å². The highest BCUT2D eigenvalue weighted by molar-refractivity contribution is 7.92. The molecule has 1 heterocycles. The number of alkyl halides is 3. The second-order valence-electron chi connectivity index (χ2n) is 8.84. The van der Waals surface area contributed by atoms with Crippen LogP contribution in [0.3, 0.4) is 0 Å². The third-order valence-electron chi connectivity index (χ3n) is 6.13. The molecule has 3 aromatic carbocycles. The number of sulfonamides is 1. The Morgan fingerprint density at radius 1 is 1.00 bits per heavy atom. The number of pyridine rings is 1. The molecule has 0 radical (unpaired) electrons. The van der Waals surface area contributed by atoms with Crippen molar-refractivity contribution in [3.8, 4) is 5.75 Å². The predicted molar refractivity (Wildman–Crippen MR) is 147 cm³/mol. The fourth-order valence-electron chi connectivity index (χ4n) is 4.22. The summed E-state index contributed by atoms with van der Waals surface area (Å²) in [5.74, 6) is -1.42. The van der Waals surface area contributed by atoms with Crippen molar-refractivity contribution in [1.82, 2.24) is 4.98 Å². The number of aromatic carboxylic acids is 1. The molecule has 0 aliphatic carbocycles. The summed E-state index contributed by atoms with van der Waals surface area (Å²) in [7, 11) is -4.38. The Bertz CT molecular complexity index is 1700. The topological polar surface area (TPSA) is 106 Å². The molecule has 0 amide bonds. The lowest BCUT2D eigenvalue weighted by Crippen LogP contribution is -2.32. The molecule has 214 valence electrons. The number of hydrogen-bond acceptors (Lipinski definition) is 6. The Hall–Kier alpha value is -4.58. The number of halogens is 3. The van der Waals surface area contributed by atoms with Crippen LogP contribution in [0.2, 0.25) is 0 Å². The van der Waals surface area contributed by atoms with E-state index in [1.54, 1.807) is 32.0 Å². The van der Waals surface area contributed by atoms with E-state index in [-0.39, 0.29) is 28.6 Å². The molecule has 4 aromatic rings. The van der Waals surface area contributed by atoms with Crippen molar-refractivity contribution in [2.75, 3.05) is 10.9 Å². The van der Waals surface area contributed by atoms with Gasteiger partial charge in [0.05, 0.1) is 23.6 Å². The van der Waals surface area contributed by atoms with Gasteiger partial charge in [-0.2, -0.15) is 0 Å². The smallest absolute Gasteiger partial charge is 0.492 e. The van der Waals surface area contributed by atoms with E-state index in [1.165, 1.54) is 36.4 Å². The van der Waals surface area contributed by atoms with Crippen molar-refractivity contribution in [3.05, 3.63) is 102 Å². The van der Waals surface area contributed by atoms with Crippen LogP contribution in [0.4, 0.5) is 19.0 Å². The van der Waals surface area contributed by atoms with Crippen LogP contribution >= 0.6 is 0 Å². The molecule has 0 saturated carbocycles. The van der Waals surface area contributed by atoms with E-state index in [9.17, 15) is 31.5 Å². The van der Waals surface area contributed by atoms with Gasteiger partial charge in [0, 0.05) is 10.9 Å². The van der Waals surface area contributed by atoms with Gasteiger partial charge in [0.15, 0.2) is 0 Å². The van der Waals surface area contributed by atoms with Crippen LogP contribution in [0.15, 0.2) is 84.3 Å². The van der Waals surface area contributed by atoms with Crippen molar-refractivity contribution in [2.24, 2.45) is 0 Å². The standard InChI is InChI=1S/C29H25F3N2O6S/c1-4-39-19(3)26-25-8-6-5-7-24(25)18(2)27(33-26)34(17-20-9-13-22(14-10-20)40-29(30,31)32)41(37,38)23-15-11-21(12-16-23)28(35)36/h5-16H,3-4,17H2,1-2H3,(H,35,36). The lowest BCUT2D eigenvalue weighted by molar-refractivity contribution is -0.274. The van der Waals surface area contributed by atoms with Gasteiger partial charge >= 0.3 is 12.3 Å². The van der Waals surface area contributed by atoms with Crippen molar-refractivity contribution in [3.63, 3.8) is 0 Å². The molecule has 1 aromatic heterocycles. The average Bonchev–Trinajstić information content (AvgIpc) is 2.92. The van der Waals surface area contributed by atoms with Gasteiger partial charge in [-0.05, 0) is 61.2 Å². The number of ether oxygens (including phenoxy) is 2. The third kappa shape index (κ3) is 6.43. The van der Waals surface area contributed by atoms with Crippen molar-refractivity contribution < 1.29 is 41.0 Å². The molecule has 8 nitrogen and oxygen atoms in total. The van der Waals surface area contributed by atoms with E-state index >= 15 is 0 Å². The van der Waals surface area contributed by atoms with Gasteiger partial charge in [0.1, 0.15) is 23.0 Å². The number of carbonyl (C=O) groups is 1. The Morgan fingerprint density at radius 2 is 1.61 bits per heavy atom. The van der Waals surface area contributed by atoms with E-state index < -0.39 is 28.1 Å². The van der Waals surface area contributed by atoms with Crippen molar-refractivity contribution in [2.45, 2.75) is 31.7 Å². The number of carboxylic acid groups (broad SMARTS) is 1. The van der Waals surface area contributed by atoms with Gasteiger partial charge in [0.2, 0.25) is 0 Å². The first kappa shape index (κ1) is 29.4. The summed E-state index contributed by atoms with van der Waals surface area (Å²) in [6, 6.07) is 16.7. The quantitative estimate of drug-likeness (QED) is 0.210. The number of aromatic nitrogens is 1. The van der Waals surface area contributed by atoms with Crippen LogP contribution < -0.4 is 9.04 Å². The maximum atomic E-state index is 14.1. The second kappa shape index (κ2) is 11.5. The van der Waals surface area contributed by atoms with E-state index in [1.807, 2.05) is 6.07 Å². The summed E-state index contributed by atoms with van der Waals surface area (Å²) in [4.78, 5) is 15.8. The molecular formula is C29H25F3N2O6S. The van der Waals surface area contributed by atoms with Crippen LogP contribution in [0.1, 0.15) is 34.1 Å². The highest BCUT2D eigenvalue weighted by Gasteiger charge is 2.32. The van der Waals surface area contributed by atoms with Crippen LogP contribution in [0.25, 0.3) is 16.5 Å². The van der Waals surface area contributed by atoms with E-state index in [2.05, 4.69) is 16.3 Å². The maximum absolute atomic E-state index is 14.1. The van der Waals surface area contributed by atoms with Gasteiger partial charge in [0.25, 0.3) is 10.0 Å². The average molecular weight is 587 g/mol. The van der Waals surface area contributed by atoms with Crippen LogP contribution in [0, 0.1) is 6.92 Å². The summed E-state index contributed by atoms with van der Waals surface area (Å²) in [5.41, 5.74) is 1.06. The number of hydrogen-bond donors (Lipinski definition) is 1. The largest absolute Gasteiger partial charge is 0.573 e. The van der Waals surface area contributed by atoms with Gasteiger partial charge in [-0.3, -0.25) is 0 Å². The number of fused-ring (bicyclic) bond motifs is 1. The lowest BCUT2D eigenvalue weighted by Gasteiger charge is -2.27. The number of rotatable bonds is 10. The second-order valence-corrected chi connectivity index (χ2v) is 10.7. The van der Waals surface area contributed by atoms with E-state index in [0.29, 0.717) is 34.2 Å². The first-order valence-corrected chi connectivity index (χ1v) is 13.7. The summed E-state index contributed by atoms with van der Waals surface area (Å²) >= 11 is 0. The lowest BCUT2D eigenvalue weighted by atomic mass is 10.0. The fourth-order valence-corrected chi connectivity index (χ4v) is 5.68. The molecule has 12 heteroatoms. The molecule has 0 aliphatic rings. The summed E-state index contributed by atoms with van der Waals surface area (Å²) in [6.07, 6.45) is -4.88. The number of aryl methyl sites for hydroxylation is 1. The molecule has 0 atom stereocenters. The Morgan fingerprint density at radius 3 is 2.17 bits per heavy atom. The molecule has 0 aliphatic heterocycles. The molecule has 0 fully saturated rings. The predicted octanol–water partition coefficient (Wildman–Crippen LogP) is 6.54. The Kier molecular flexibility index (Phi) is 8.24.